The molecular weight excluding hydrogens is 268 g/mol. The average Bonchev–Trinajstić information content (AvgIpc) is 2.48. The van der Waals surface area contributed by atoms with Crippen LogP contribution in [0.4, 0.5) is 0 Å². The molecule has 0 amide bonds. The van der Waals surface area contributed by atoms with Crippen LogP contribution in [-0.2, 0) is 6.61 Å². The highest BCUT2D eigenvalue weighted by Crippen LogP contribution is 2.37. The molecule has 0 unspecified atom stereocenters. The van der Waals surface area contributed by atoms with Gasteiger partial charge in [-0.15, -0.1) is 0 Å². The lowest BCUT2D eigenvalue weighted by atomic mass is 10.2. The van der Waals surface area contributed by atoms with Crippen molar-refractivity contribution >= 4 is 15.9 Å². The maximum absolute atomic E-state index is 5.81. The Balaban J connectivity index is 2.08. The summed E-state index contributed by atoms with van der Waals surface area (Å²) in [6.45, 7) is 0.534. The number of benzene rings is 2. The van der Waals surface area contributed by atoms with E-state index in [1.165, 1.54) is 0 Å². The molecule has 0 saturated carbocycles. The van der Waals surface area contributed by atoms with Crippen molar-refractivity contribution in [3.63, 3.8) is 0 Å². The Morgan fingerprint density at radius 3 is 2.62 bits per heavy atom. The fraction of sp³-hybridized carbons (Fsp3) is 0.0769. The molecule has 2 aromatic rings. The van der Waals surface area contributed by atoms with Gasteiger partial charge >= 0.3 is 0 Å². The van der Waals surface area contributed by atoms with E-state index in [9.17, 15) is 0 Å². The first-order chi connectivity index (χ1) is 7.83. The summed E-state index contributed by atoms with van der Waals surface area (Å²) in [6, 6.07) is 13.6. The summed E-state index contributed by atoms with van der Waals surface area (Å²) >= 11 is 3.44. The average molecular weight is 277 g/mol. The van der Waals surface area contributed by atoms with Crippen LogP contribution in [0.3, 0.4) is 0 Å². The lowest BCUT2D eigenvalue weighted by molar-refractivity contribution is 0.307. The van der Waals surface area contributed by atoms with E-state index >= 15 is 0 Å². The van der Waals surface area contributed by atoms with Crippen LogP contribution in [-0.4, -0.2) is 0 Å². The molecule has 0 bridgehead atoms. The number of ether oxygens (including phenoxy) is 2. The zero-order valence-electron chi connectivity index (χ0n) is 8.44. The number of para-hydroxylation sites is 2. The standard InChI is InChI=1S/C13H9BrO2/c14-10-5-6-11-9(7-10)8-15-12-3-1-2-4-13(12)16-11/h1-7H,8H2. The van der Waals surface area contributed by atoms with Gasteiger partial charge < -0.3 is 9.47 Å². The molecule has 0 atom stereocenters. The van der Waals surface area contributed by atoms with Crippen LogP contribution in [0.5, 0.6) is 17.2 Å². The summed E-state index contributed by atoms with van der Waals surface area (Å²) in [6.07, 6.45) is 0. The number of hydrogen-bond donors (Lipinski definition) is 0. The Hall–Kier alpha value is -1.48. The predicted octanol–water partition coefficient (Wildman–Crippen LogP) is 4.13. The van der Waals surface area contributed by atoms with Gasteiger partial charge in [0.2, 0.25) is 0 Å². The number of halogens is 1. The Bertz CT molecular complexity index is 537. The molecule has 0 N–H and O–H groups in total. The topological polar surface area (TPSA) is 18.5 Å². The first-order valence-corrected chi connectivity index (χ1v) is 5.80. The monoisotopic (exact) mass is 276 g/mol. The summed E-state index contributed by atoms with van der Waals surface area (Å²) in [4.78, 5) is 0. The van der Waals surface area contributed by atoms with E-state index in [0.29, 0.717) is 6.61 Å². The molecule has 80 valence electrons. The summed E-state index contributed by atoms with van der Waals surface area (Å²) < 4.78 is 12.5. The highest BCUT2D eigenvalue weighted by molar-refractivity contribution is 9.10. The molecular formula is C13H9BrO2. The highest BCUT2D eigenvalue weighted by atomic mass is 79.9. The molecule has 2 nitrogen and oxygen atoms in total. The van der Waals surface area contributed by atoms with E-state index in [2.05, 4.69) is 15.9 Å². The van der Waals surface area contributed by atoms with Gasteiger partial charge in [-0.3, -0.25) is 0 Å². The largest absolute Gasteiger partial charge is 0.485 e. The normalized spacial score (nSPS) is 12.8. The molecule has 0 aliphatic carbocycles. The second-order valence-corrected chi connectivity index (χ2v) is 4.51. The van der Waals surface area contributed by atoms with Crippen molar-refractivity contribution in [3.05, 3.63) is 52.5 Å². The fourth-order valence-electron chi connectivity index (χ4n) is 1.69. The van der Waals surface area contributed by atoms with E-state index < -0.39 is 0 Å². The van der Waals surface area contributed by atoms with Crippen molar-refractivity contribution in [1.29, 1.82) is 0 Å². The number of fused-ring (bicyclic) bond motifs is 2. The van der Waals surface area contributed by atoms with Gasteiger partial charge in [0.1, 0.15) is 12.4 Å². The molecule has 16 heavy (non-hydrogen) atoms. The molecule has 0 saturated heterocycles. The Morgan fingerprint density at radius 1 is 0.938 bits per heavy atom. The van der Waals surface area contributed by atoms with Gasteiger partial charge in [0, 0.05) is 10.0 Å². The minimum Gasteiger partial charge on any atom is -0.485 e. The molecule has 3 heteroatoms. The van der Waals surface area contributed by atoms with E-state index in [1.54, 1.807) is 0 Å². The summed E-state index contributed by atoms with van der Waals surface area (Å²) in [7, 11) is 0. The van der Waals surface area contributed by atoms with Gasteiger partial charge in [-0.2, -0.15) is 0 Å². The smallest absolute Gasteiger partial charge is 0.169 e. The Morgan fingerprint density at radius 2 is 1.75 bits per heavy atom. The zero-order valence-corrected chi connectivity index (χ0v) is 10.0. The predicted molar refractivity (Wildman–Crippen MR) is 65.0 cm³/mol. The SMILES string of the molecule is Brc1ccc2c(c1)COc1ccccc1O2. The van der Waals surface area contributed by atoms with Gasteiger partial charge in [0.15, 0.2) is 11.5 Å². The van der Waals surface area contributed by atoms with Gasteiger partial charge in [-0.1, -0.05) is 28.1 Å². The van der Waals surface area contributed by atoms with Gasteiger partial charge in [-0.05, 0) is 30.3 Å². The quantitative estimate of drug-likeness (QED) is 0.720. The highest BCUT2D eigenvalue weighted by Gasteiger charge is 2.14. The second kappa shape index (κ2) is 3.83. The van der Waals surface area contributed by atoms with E-state index in [-0.39, 0.29) is 0 Å². The van der Waals surface area contributed by atoms with Crippen LogP contribution in [0.2, 0.25) is 0 Å². The summed E-state index contributed by atoms with van der Waals surface area (Å²) in [5.41, 5.74) is 1.05. The van der Waals surface area contributed by atoms with Crippen LogP contribution in [0.25, 0.3) is 0 Å². The van der Waals surface area contributed by atoms with Crippen LogP contribution >= 0.6 is 15.9 Å². The molecule has 1 aliphatic heterocycles. The first kappa shape index (κ1) is 9.73. The van der Waals surface area contributed by atoms with E-state index in [1.807, 2.05) is 42.5 Å². The summed E-state index contributed by atoms with van der Waals surface area (Å²) in [5, 5.41) is 0. The van der Waals surface area contributed by atoms with Crippen molar-refractivity contribution in [1.82, 2.24) is 0 Å². The minimum absolute atomic E-state index is 0.534. The lowest BCUT2D eigenvalue weighted by Crippen LogP contribution is -1.92. The zero-order chi connectivity index (χ0) is 11.0. The third-order valence-electron chi connectivity index (χ3n) is 2.47. The van der Waals surface area contributed by atoms with Crippen molar-refractivity contribution < 1.29 is 9.47 Å². The summed E-state index contributed by atoms with van der Waals surface area (Å²) in [5.74, 6) is 2.41. The molecule has 0 spiro atoms. The molecule has 2 aromatic carbocycles. The number of hydrogen-bond acceptors (Lipinski definition) is 2. The van der Waals surface area contributed by atoms with Crippen molar-refractivity contribution in [3.8, 4) is 17.2 Å². The third kappa shape index (κ3) is 1.67. The van der Waals surface area contributed by atoms with Crippen LogP contribution < -0.4 is 9.47 Å². The molecule has 1 aliphatic rings. The van der Waals surface area contributed by atoms with Crippen molar-refractivity contribution in [2.75, 3.05) is 0 Å². The number of rotatable bonds is 0. The Labute approximate surface area is 102 Å². The van der Waals surface area contributed by atoms with Crippen LogP contribution in [0.1, 0.15) is 5.56 Å². The molecule has 1 heterocycles. The minimum atomic E-state index is 0.534. The fourth-order valence-corrected chi connectivity index (χ4v) is 2.10. The maximum Gasteiger partial charge on any atom is 0.169 e. The Kier molecular flexibility index (Phi) is 2.33. The molecule has 0 fully saturated rings. The van der Waals surface area contributed by atoms with E-state index in [4.69, 9.17) is 9.47 Å². The second-order valence-electron chi connectivity index (χ2n) is 3.59. The van der Waals surface area contributed by atoms with Gasteiger partial charge in [0.05, 0.1) is 0 Å². The third-order valence-corrected chi connectivity index (χ3v) is 2.97. The first-order valence-electron chi connectivity index (χ1n) is 5.01. The maximum atomic E-state index is 5.81. The lowest BCUT2D eigenvalue weighted by Gasteiger charge is -2.06. The van der Waals surface area contributed by atoms with Gasteiger partial charge in [0.25, 0.3) is 0 Å². The van der Waals surface area contributed by atoms with E-state index in [0.717, 1.165) is 27.3 Å². The van der Waals surface area contributed by atoms with Crippen LogP contribution in [0.15, 0.2) is 46.9 Å². The molecule has 0 radical (unpaired) electrons. The van der Waals surface area contributed by atoms with Crippen molar-refractivity contribution in [2.24, 2.45) is 0 Å². The molecule has 0 aromatic heterocycles. The van der Waals surface area contributed by atoms with Crippen molar-refractivity contribution in [2.45, 2.75) is 6.61 Å². The molecule has 3 rings (SSSR count). The van der Waals surface area contributed by atoms with Gasteiger partial charge in [-0.25, -0.2) is 0 Å². The van der Waals surface area contributed by atoms with Crippen LogP contribution in [0, 0.1) is 0 Å².